The third-order valence-electron chi connectivity index (χ3n) is 5.29. The highest BCUT2D eigenvalue weighted by Gasteiger charge is 2.23. The monoisotopic (exact) mass is 501 g/mol. The Bertz CT molecular complexity index is 1270. The van der Waals surface area contributed by atoms with E-state index in [9.17, 15) is 9.59 Å². The molecule has 0 spiro atoms. The molecule has 1 heterocycles. The van der Waals surface area contributed by atoms with E-state index >= 15 is 0 Å². The van der Waals surface area contributed by atoms with Crippen LogP contribution < -0.4 is 10.6 Å². The van der Waals surface area contributed by atoms with E-state index in [4.69, 9.17) is 0 Å². The number of anilines is 2. The molecule has 35 heavy (non-hydrogen) atoms. The SMILES string of the molecule is CCCC(=O)Nc1ccc(SC(C(=O)Nc2nc(-c3ccc(C)cc3)cs2)c2ccccc2)cc1. The first-order valence-corrected chi connectivity index (χ1v) is 13.2. The molecule has 0 aliphatic heterocycles. The number of nitrogens with one attached hydrogen (secondary N) is 2. The quantitative estimate of drug-likeness (QED) is 0.236. The maximum absolute atomic E-state index is 13.4. The van der Waals surface area contributed by atoms with Gasteiger partial charge in [-0.2, -0.15) is 0 Å². The lowest BCUT2D eigenvalue weighted by atomic mass is 10.1. The zero-order valence-corrected chi connectivity index (χ0v) is 21.3. The van der Waals surface area contributed by atoms with Gasteiger partial charge in [-0.15, -0.1) is 23.1 Å². The van der Waals surface area contributed by atoms with Gasteiger partial charge < -0.3 is 10.6 Å². The zero-order valence-electron chi connectivity index (χ0n) is 19.7. The molecule has 5 nitrogen and oxygen atoms in total. The molecular weight excluding hydrogens is 474 g/mol. The largest absolute Gasteiger partial charge is 0.326 e. The van der Waals surface area contributed by atoms with E-state index in [2.05, 4.69) is 27.8 Å². The first-order chi connectivity index (χ1) is 17.0. The molecule has 0 aliphatic rings. The van der Waals surface area contributed by atoms with Crippen molar-refractivity contribution in [3.8, 4) is 11.3 Å². The predicted octanol–water partition coefficient (Wildman–Crippen LogP) is 7.33. The Labute approximate surface area is 214 Å². The van der Waals surface area contributed by atoms with Crippen LogP contribution in [0.5, 0.6) is 0 Å². The Hall–Kier alpha value is -3.42. The van der Waals surface area contributed by atoms with E-state index in [-0.39, 0.29) is 11.8 Å². The first kappa shape index (κ1) is 24.7. The molecule has 2 amide bonds. The summed E-state index contributed by atoms with van der Waals surface area (Å²) in [5.41, 5.74) is 4.71. The molecule has 0 fully saturated rings. The van der Waals surface area contributed by atoms with Crippen LogP contribution in [0.25, 0.3) is 11.3 Å². The van der Waals surface area contributed by atoms with Gasteiger partial charge in [-0.1, -0.05) is 67.1 Å². The molecular formula is C28H27N3O2S2. The number of aromatic nitrogens is 1. The highest BCUT2D eigenvalue weighted by atomic mass is 32.2. The minimum atomic E-state index is -0.455. The lowest BCUT2D eigenvalue weighted by Gasteiger charge is -2.16. The molecule has 4 rings (SSSR count). The van der Waals surface area contributed by atoms with Crippen molar-refractivity contribution in [2.75, 3.05) is 10.6 Å². The minimum Gasteiger partial charge on any atom is -0.326 e. The van der Waals surface area contributed by atoms with Crippen molar-refractivity contribution in [2.24, 2.45) is 0 Å². The van der Waals surface area contributed by atoms with Crippen LogP contribution in [0.4, 0.5) is 10.8 Å². The highest BCUT2D eigenvalue weighted by molar-refractivity contribution is 8.00. The molecule has 1 unspecified atom stereocenters. The Balaban J connectivity index is 1.49. The lowest BCUT2D eigenvalue weighted by Crippen LogP contribution is -2.19. The molecule has 4 aromatic rings. The number of amides is 2. The fourth-order valence-corrected chi connectivity index (χ4v) is 5.21. The van der Waals surface area contributed by atoms with Crippen LogP contribution in [-0.4, -0.2) is 16.8 Å². The number of hydrogen-bond acceptors (Lipinski definition) is 5. The molecule has 1 aromatic heterocycles. The summed E-state index contributed by atoms with van der Waals surface area (Å²) in [6.07, 6.45) is 1.30. The van der Waals surface area contributed by atoms with E-state index in [0.29, 0.717) is 11.6 Å². The van der Waals surface area contributed by atoms with E-state index < -0.39 is 5.25 Å². The lowest BCUT2D eigenvalue weighted by molar-refractivity contribution is -0.116. The Morgan fingerprint density at radius 2 is 1.66 bits per heavy atom. The summed E-state index contributed by atoms with van der Waals surface area (Å²) in [7, 11) is 0. The van der Waals surface area contributed by atoms with Crippen molar-refractivity contribution in [2.45, 2.75) is 36.8 Å². The second-order valence-electron chi connectivity index (χ2n) is 8.12. The van der Waals surface area contributed by atoms with E-state index in [1.807, 2.05) is 86.0 Å². The van der Waals surface area contributed by atoms with Gasteiger partial charge in [-0.05, 0) is 43.2 Å². The third-order valence-corrected chi connectivity index (χ3v) is 7.32. The standard InChI is InChI=1S/C28H27N3O2S2/c1-3-7-25(32)29-22-14-16-23(17-15-22)35-26(21-8-5-4-6-9-21)27(33)31-28-30-24(18-34-28)20-12-10-19(2)11-13-20/h4-6,8-18,26H,3,7H2,1-2H3,(H,29,32)(H,30,31,33). The van der Waals surface area contributed by atoms with Gasteiger partial charge in [0.2, 0.25) is 11.8 Å². The smallest absolute Gasteiger partial charge is 0.244 e. The number of carbonyl (C=O) groups excluding carboxylic acids is 2. The van der Waals surface area contributed by atoms with Crippen molar-refractivity contribution < 1.29 is 9.59 Å². The second kappa shape index (κ2) is 11.8. The number of benzene rings is 3. The molecule has 0 saturated carbocycles. The second-order valence-corrected chi connectivity index (χ2v) is 10.2. The molecule has 2 N–H and O–H groups in total. The van der Waals surface area contributed by atoms with Crippen molar-refractivity contribution in [1.82, 2.24) is 4.98 Å². The number of carbonyl (C=O) groups is 2. The summed E-state index contributed by atoms with van der Waals surface area (Å²) in [5, 5.41) is 7.97. The Morgan fingerprint density at radius 3 is 2.34 bits per heavy atom. The van der Waals surface area contributed by atoms with E-state index in [1.165, 1.54) is 28.7 Å². The molecule has 0 aliphatic carbocycles. The summed E-state index contributed by atoms with van der Waals surface area (Å²) in [6, 6.07) is 25.5. The number of thiazole rings is 1. The predicted molar refractivity (Wildman–Crippen MR) is 146 cm³/mol. The average molecular weight is 502 g/mol. The van der Waals surface area contributed by atoms with Gasteiger partial charge in [0.25, 0.3) is 0 Å². The molecule has 178 valence electrons. The normalized spacial score (nSPS) is 11.6. The van der Waals surface area contributed by atoms with E-state index in [1.54, 1.807) is 0 Å². The summed E-state index contributed by atoms with van der Waals surface area (Å²) in [5.74, 6) is -0.130. The van der Waals surface area contributed by atoms with Gasteiger partial charge in [0, 0.05) is 27.9 Å². The van der Waals surface area contributed by atoms with Crippen molar-refractivity contribution in [3.63, 3.8) is 0 Å². The summed E-state index contributed by atoms with van der Waals surface area (Å²) >= 11 is 2.88. The average Bonchev–Trinajstić information content (AvgIpc) is 3.33. The molecule has 7 heteroatoms. The Kier molecular flexibility index (Phi) is 8.34. The highest BCUT2D eigenvalue weighted by Crippen LogP contribution is 2.37. The van der Waals surface area contributed by atoms with Crippen LogP contribution in [0, 0.1) is 6.92 Å². The zero-order chi connectivity index (χ0) is 24.6. The van der Waals surface area contributed by atoms with Gasteiger partial charge in [-0.3, -0.25) is 9.59 Å². The number of aryl methyl sites for hydroxylation is 1. The van der Waals surface area contributed by atoms with Crippen molar-refractivity contribution >= 4 is 45.7 Å². The fourth-order valence-electron chi connectivity index (χ4n) is 3.46. The summed E-state index contributed by atoms with van der Waals surface area (Å²) in [6.45, 7) is 4.02. The van der Waals surface area contributed by atoms with Gasteiger partial charge in [-0.25, -0.2) is 4.98 Å². The summed E-state index contributed by atoms with van der Waals surface area (Å²) < 4.78 is 0. The van der Waals surface area contributed by atoms with Crippen LogP contribution in [0.2, 0.25) is 0 Å². The number of nitrogens with zero attached hydrogens (tertiary/aromatic N) is 1. The van der Waals surface area contributed by atoms with Crippen LogP contribution in [0.1, 0.15) is 36.1 Å². The van der Waals surface area contributed by atoms with E-state index in [0.717, 1.165) is 33.8 Å². The van der Waals surface area contributed by atoms with Crippen LogP contribution in [0.3, 0.4) is 0 Å². The molecule has 0 saturated heterocycles. The first-order valence-electron chi connectivity index (χ1n) is 11.5. The van der Waals surface area contributed by atoms with Gasteiger partial charge in [0.15, 0.2) is 5.13 Å². The van der Waals surface area contributed by atoms with Crippen LogP contribution in [-0.2, 0) is 9.59 Å². The number of rotatable bonds is 9. The molecule has 0 bridgehead atoms. The van der Waals surface area contributed by atoms with Gasteiger partial charge in [0.1, 0.15) is 5.25 Å². The van der Waals surface area contributed by atoms with Gasteiger partial charge in [0.05, 0.1) is 5.69 Å². The minimum absolute atomic E-state index is 0.00268. The molecule has 0 radical (unpaired) electrons. The topological polar surface area (TPSA) is 71.1 Å². The van der Waals surface area contributed by atoms with Crippen LogP contribution in [0.15, 0.2) is 89.1 Å². The molecule has 3 aromatic carbocycles. The fraction of sp³-hybridized carbons (Fsp3) is 0.179. The summed E-state index contributed by atoms with van der Waals surface area (Å²) in [4.78, 5) is 30.8. The Morgan fingerprint density at radius 1 is 0.943 bits per heavy atom. The van der Waals surface area contributed by atoms with Crippen molar-refractivity contribution in [3.05, 3.63) is 95.4 Å². The maximum atomic E-state index is 13.4. The number of thioether (sulfide) groups is 1. The van der Waals surface area contributed by atoms with Crippen molar-refractivity contribution in [1.29, 1.82) is 0 Å². The molecule has 1 atom stereocenters. The van der Waals surface area contributed by atoms with Gasteiger partial charge >= 0.3 is 0 Å². The maximum Gasteiger partial charge on any atom is 0.244 e. The van der Waals surface area contributed by atoms with Crippen LogP contribution >= 0.6 is 23.1 Å². The number of hydrogen-bond donors (Lipinski definition) is 2. The third kappa shape index (κ3) is 6.81.